The van der Waals surface area contributed by atoms with Gasteiger partial charge in [-0.1, -0.05) is 0 Å². The van der Waals surface area contributed by atoms with Gasteiger partial charge in [0.15, 0.2) is 0 Å². The van der Waals surface area contributed by atoms with Crippen LogP contribution < -0.4 is 0 Å². The Hall–Kier alpha value is -0.970. The highest BCUT2D eigenvalue weighted by Gasteiger charge is 1.94. The van der Waals surface area contributed by atoms with Crippen molar-refractivity contribution in [3.8, 4) is 0 Å². The first-order valence-corrected chi connectivity index (χ1v) is 5.02. The molecule has 0 aliphatic heterocycles. The third kappa shape index (κ3) is 3.43. The van der Waals surface area contributed by atoms with Gasteiger partial charge in [0.05, 0.1) is 5.69 Å². The van der Waals surface area contributed by atoms with Crippen LogP contribution in [0.3, 0.4) is 0 Å². The fraction of sp³-hybridized carbons (Fsp3) is 0.429. The van der Waals surface area contributed by atoms with Crippen molar-refractivity contribution < 1.29 is 8.42 Å². The van der Waals surface area contributed by atoms with E-state index in [1.54, 1.807) is 18.6 Å². The smallest absolute Gasteiger partial charge is 0.140 e. The molecule has 0 aromatic carbocycles. The summed E-state index contributed by atoms with van der Waals surface area (Å²) in [5, 5.41) is 0. The molecular weight excluding hydrogens is 176 g/mol. The second-order valence-electron chi connectivity index (χ2n) is 2.36. The molecule has 1 aromatic rings. The van der Waals surface area contributed by atoms with Gasteiger partial charge in [0.1, 0.15) is 10.7 Å². The summed E-state index contributed by atoms with van der Waals surface area (Å²) in [6.07, 6.45) is 6.15. The van der Waals surface area contributed by atoms with Crippen LogP contribution in [0.4, 0.5) is 0 Å². The van der Waals surface area contributed by atoms with Crippen molar-refractivity contribution >= 4 is 10.7 Å². The lowest BCUT2D eigenvalue weighted by atomic mass is 10.3. The van der Waals surface area contributed by atoms with Gasteiger partial charge in [0.2, 0.25) is 0 Å². The van der Waals surface area contributed by atoms with Gasteiger partial charge in [-0.3, -0.25) is 9.97 Å². The van der Waals surface area contributed by atoms with E-state index < -0.39 is 10.7 Å². The zero-order chi connectivity index (χ0) is 8.81. The van der Waals surface area contributed by atoms with Crippen molar-refractivity contribution in [3.63, 3.8) is 0 Å². The molecule has 0 aliphatic rings. The second kappa shape index (κ2) is 4.82. The topological polar surface area (TPSA) is 59.9 Å². The van der Waals surface area contributed by atoms with Crippen LogP contribution in [0.1, 0.15) is 12.1 Å². The molecular formula is C7H10N2O2S. The Kier molecular flexibility index (Phi) is 3.66. The van der Waals surface area contributed by atoms with Gasteiger partial charge >= 0.3 is 0 Å². The third-order valence-electron chi connectivity index (χ3n) is 1.39. The second-order valence-corrected chi connectivity index (χ2v) is 3.47. The molecule has 1 aromatic heterocycles. The molecule has 0 N–H and O–H groups in total. The molecule has 0 radical (unpaired) electrons. The predicted octanol–water partition coefficient (Wildman–Crippen LogP) is 0.0206. The molecule has 1 rings (SSSR count). The molecule has 0 saturated carbocycles. The number of aromatic nitrogens is 2. The summed E-state index contributed by atoms with van der Waals surface area (Å²) in [7, 11) is -2.24. The predicted molar refractivity (Wildman–Crippen MR) is 45.5 cm³/mol. The lowest BCUT2D eigenvalue weighted by molar-refractivity contribution is 0.611. The summed E-state index contributed by atoms with van der Waals surface area (Å²) in [4.78, 5) is 7.89. The van der Waals surface area contributed by atoms with E-state index in [1.165, 1.54) is 0 Å². The number of hydrogen-bond donors (Lipinski definition) is 1. The van der Waals surface area contributed by atoms with Crippen molar-refractivity contribution in [1.82, 2.24) is 9.97 Å². The highest BCUT2D eigenvalue weighted by Crippen LogP contribution is 1.95. The van der Waals surface area contributed by atoms with Crippen molar-refractivity contribution in [2.75, 3.05) is 5.75 Å². The average molecular weight is 186 g/mol. The molecule has 66 valence electrons. The lowest BCUT2D eigenvalue weighted by Gasteiger charge is -1.94. The van der Waals surface area contributed by atoms with E-state index in [2.05, 4.69) is 9.97 Å². The Morgan fingerprint density at radius 2 is 2.17 bits per heavy atom. The van der Waals surface area contributed by atoms with Gasteiger partial charge in [0, 0.05) is 24.3 Å². The maximum Gasteiger partial charge on any atom is 0.140 e. The van der Waals surface area contributed by atoms with E-state index in [1.807, 2.05) is 0 Å². The lowest BCUT2D eigenvalue weighted by Crippen LogP contribution is -1.94. The maximum absolute atomic E-state index is 10.2. The normalized spacial score (nSPS) is 10.4. The third-order valence-corrected chi connectivity index (χ3v) is 2.07. The van der Waals surface area contributed by atoms with E-state index >= 15 is 0 Å². The Morgan fingerprint density at radius 3 is 2.75 bits per heavy atom. The number of thiol groups is 1. The molecule has 0 bridgehead atoms. The summed E-state index contributed by atoms with van der Waals surface area (Å²) < 4.78 is 20.4. The van der Waals surface area contributed by atoms with E-state index in [-0.39, 0.29) is 5.75 Å². The Labute approximate surface area is 72.6 Å². The molecule has 5 heteroatoms. The monoisotopic (exact) mass is 186 g/mol. The maximum atomic E-state index is 10.2. The van der Waals surface area contributed by atoms with Crippen LogP contribution >= 0.6 is 0 Å². The largest absolute Gasteiger partial charge is 0.261 e. The van der Waals surface area contributed by atoms with Crippen LogP contribution in [0.15, 0.2) is 18.6 Å². The molecule has 0 atom stereocenters. The Balaban J connectivity index is 2.34. The van der Waals surface area contributed by atoms with Crippen molar-refractivity contribution in [2.45, 2.75) is 12.8 Å². The van der Waals surface area contributed by atoms with Crippen LogP contribution in [0.2, 0.25) is 0 Å². The standard InChI is InChI=1S/C7H10N2O2S/c10-12(11)5-1-2-7-6-8-3-4-9-7/h3-4,6,12H,1-2,5H2. The van der Waals surface area contributed by atoms with Gasteiger partial charge in [-0.15, -0.1) is 0 Å². The van der Waals surface area contributed by atoms with Gasteiger partial charge in [-0.2, -0.15) is 0 Å². The molecule has 0 unspecified atom stereocenters. The molecule has 0 spiro atoms. The molecule has 4 nitrogen and oxygen atoms in total. The summed E-state index contributed by atoms with van der Waals surface area (Å²) in [6, 6.07) is 0. The van der Waals surface area contributed by atoms with Crippen LogP contribution in [-0.2, 0) is 17.1 Å². The van der Waals surface area contributed by atoms with E-state index in [4.69, 9.17) is 0 Å². The summed E-state index contributed by atoms with van der Waals surface area (Å²) in [6.45, 7) is 0. The molecule has 12 heavy (non-hydrogen) atoms. The average Bonchev–Trinajstić information content (AvgIpc) is 2.05. The van der Waals surface area contributed by atoms with Crippen molar-refractivity contribution in [3.05, 3.63) is 24.3 Å². The fourth-order valence-electron chi connectivity index (χ4n) is 0.848. The molecule has 0 saturated heterocycles. The summed E-state index contributed by atoms with van der Waals surface area (Å²) in [5.41, 5.74) is 0.842. The number of hydrogen-bond acceptors (Lipinski definition) is 4. The number of aryl methyl sites for hydroxylation is 1. The van der Waals surface area contributed by atoms with Crippen LogP contribution in [0, 0.1) is 0 Å². The van der Waals surface area contributed by atoms with Crippen LogP contribution in [-0.4, -0.2) is 24.1 Å². The van der Waals surface area contributed by atoms with Gasteiger partial charge < -0.3 is 0 Å². The van der Waals surface area contributed by atoms with E-state index in [9.17, 15) is 8.42 Å². The van der Waals surface area contributed by atoms with Gasteiger partial charge in [0.25, 0.3) is 0 Å². The Bertz CT molecular complexity index is 290. The van der Waals surface area contributed by atoms with Gasteiger partial charge in [-0.25, -0.2) is 8.42 Å². The minimum Gasteiger partial charge on any atom is -0.261 e. The highest BCUT2D eigenvalue weighted by molar-refractivity contribution is 7.72. The Morgan fingerprint density at radius 1 is 1.33 bits per heavy atom. The van der Waals surface area contributed by atoms with Crippen molar-refractivity contribution in [1.29, 1.82) is 0 Å². The first-order valence-electron chi connectivity index (χ1n) is 3.66. The zero-order valence-electron chi connectivity index (χ0n) is 6.51. The van der Waals surface area contributed by atoms with E-state index in [0.29, 0.717) is 12.8 Å². The molecule has 0 fully saturated rings. The minimum atomic E-state index is -2.24. The summed E-state index contributed by atoms with van der Waals surface area (Å²) in [5.74, 6) is 0.228. The highest BCUT2D eigenvalue weighted by atomic mass is 32.2. The van der Waals surface area contributed by atoms with Crippen LogP contribution in [0.5, 0.6) is 0 Å². The molecule has 1 heterocycles. The minimum absolute atomic E-state index is 0.228. The molecule has 0 aliphatic carbocycles. The number of rotatable bonds is 4. The zero-order valence-corrected chi connectivity index (χ0v) is 7.41. The van der Waals surface area contributed by atoms with Crippen molar-refractivity contribution in [2.24, 2.45) is 0 Å². The first kappa shape index (κ1) is 9.12. The molecule has 0 amide bonds. The summed E-state index contributed by atoms with van der Waals surface area (Å²) >= 11 is 0. The SMILES string of the molecule is O=[SH](=O)CCCc1cnccn1. The number of nitrogens with zero attached hydrogens (tertiary/aromatic N) is 2. The fourth-order valence-corrected chi connectivity index (χ4v) is 1.26. The van der Waals surface area contributed by atoms with E-state index in [0.717, 1.165) is 5.69 Å². The first-order chi connectivity index (χ1) is 5.79. The van der Waals surface area contributed by atoms with Gasteiger partial charge in [-0.05, 0) is 12.8 Å². The quantitative estimate of drug-likeness (QED) is 0.673. The van der Waals surface area contributed by atoms with Crippen LogP contribution in [0.25, 0.3) is 0 Å².